The van der Waals surface area contributed by atoms with Gasteiger partial charge in [-0.15, -0.1) is 0 Å². The van der Waals surface area contributed by atoms with Crippen LogP contribution in [-0.2, 0) is 4.79 Å². The van der Waals surface area contributed by atoms with E-state index in [2.05, 4.69) is 20.3 Å². The molecule has 1 aromatic carbocycles. The van der Waals surface area contributed by atoms with Crippen molar-refractivity contribution in [3.05, 3.63) is 36.9 Å². The topological polar surface area (TPSA) is 63.1 Å². The zero-order valence-electron chi connectivity index (χ0n) is 14.5. The van der Waals surface area contributed by atoms with Crippen molar-refractivity contribution in [1.82, 2.24) is 19.7 Å². The van der Waals surface area contributed by atoms with Gasteiger partial charge in [0.05, 0.1) is 12.2 Å². The average Bonchev–Trinajstić information content (AvgIpc) is 3.21. The van der Waals surface area contributed by atoms with E-state index in [9.17, 15) is 4.79 Å². The second-order valence-electron chi connectivity index (χ2n) is 7.08. The Morgan fingerprint density at radius 2 is 1.92 bits per heavy atom. The molecule has 2 unspecified atom stereocenters. The molecule has 0 spiro atoms. The number of aromatic nitrogens is 3. The molecule has 2 heterocycles. The Labute approximate surface area is 148 Å². The van der Waals surface area contributed by atoms with Gasteiger partial charge in [0, 0.05) is 18.3 Å². The number of fused-ring (bicyclic) bond motifs is 1. The molecule has 132 valence electrons. The Balaban J connectivity index is 1.35. The molecule has 25 heavy (non-hydrogen) atoms. The van der Waals surface area contributed by atoms with E-state index in [1.807, 2.05) is 24.3 Å². The highest BCUT2D eigenvalue weighted by Crippen LogP contribution is 2.35. The number of likely N-dealkylation sites (tertiary alicyclic amines) is 1. The molecule has 6 heteroatoms. The predicted octanol–water partition coefficient (Wildman–Crippen LogP) is 2.86. The van der Waals surface area contributed by atoms with Crippen LogP contribution >= 0.6 is 0 Å². The fourth-order valence-corrected chi connectivity index (χ4v) is 4.29. The van der Waals surface area contributed by atoms with E-state index in [1.165, 1.54) is 38.4 Å². The number of benzene rings is 1. The normalized spacial score (nSPS) is 23.1. The fraction of sp³-hybridized carbons (Fsp3) is 0.526. The highest BCUT2D eigenvalue weighted by molar-refractivity contribution is 5.81. The summed E-state index contributed by atoms with van der Waals surface area (Å²) in [6.45, 7) is 1.29. The number of hydrogen-bond donors (Lipinski definition) is 1. The summed E-state index contributed by atoms with van der Waals surface area (Å²) >= 11 is 0. The molecule has 0 radical (unpaired) electrons. The first-order chi connectivity index (χ1) is 12.3. The van der Waals surface area contributed by atoms with Crippen LogP contribution in [0.4, 0.5) is 5.69 Å². The van der Waals surface area contributed by atoms with Crippen molar-refractivity contribution in [2.45, 2.75) is 44.6 Å². The van der Waals surface area contributed by atoms with Gasteiger partial charge in [0.25, 0.3) is 0 Å². The fourth-order valence-electron chi connectivity index (χ4n) is 4.29. The standard InChI is InChI=1S/C19H25N5O/c25-19(23-11-3-5-15-4-1-2-6-18(15)23)12-21-16-7-9-17(10-8-16)24-14-20-13-22-24/h7-10,13-15,18,21H,1-6,11-12H2. The van der Waals surface area contributed by atoms with Gasteiger partial charge in [-0.25, -0.2) is 9.67 Å². The number of rotatable bonds is 4. The first-order valence-electron chi connectivity index (χ1n) is 9.30. The Morgan fingerprint density at radius 1 is 1.12 bits per heavy atom. The van der Waals surface area contributed by atoms with Crippen LogP contribution < -0.4 is 5.32 Å². The van der Waals surface area contributed by atoms with E-state index in [0.717, 1.165) is 30.3 Å². The summed E-state index contributed by atoms with van der Waals surface area (Å²) in [5.41, 5.74) is 1.91. The van der Waals surface area contributed by atoms with E-state index < -0.39 is 0 Å². The summed E-state index contributed by atoms with van der Waals surface area (Å²) in [6.07, 6.45) is 10.7. The molecule has 1 aromatic heterocycles. The minimum absolute atomic E-state index is 0.233. The van der Waals surface area contributed by atoms with E-state index in [1.54, 1.807) is 11.0 Å². The number of carbonyl (C=O) groups is 1. The summed E-state index contributed by atoms with van der Waals surface area (Å²) in [4.78, 5) is 18.8. The number of amides is 1. The SMILES string of the molecule is O=C(CNc1ccc(-n2cncn2)cc1)N1CCCC2CCCCC21. The minimum Gasteiger partial charge on any atom is -0.376 e. The zero-order chi connectivity index (χ0) is 17.1. The summed E-state index contributed by atoms with van der Waals surface area (Å²) < 4.78 is 1.71. The molecule has 0 bridgehead atoms. The van der Waals surface area contributed by atoms with Gasteiger partial charge < -0.3 is 10.2 Å². The lowest BCUT2D eigenvalue weighted by Gasteiger charge is -2.44. The molecular formula is C19H25N5O. The van der Waals surface area contributed by atoms with E-state index in [0.29, 0.717) is 12.6 Å². The van der Waals surface area contributed by atoms with Gasteiger partial charge in [0.1, 0.15) is 12.7 Å². The number of nitrogens with zero attached hydrogens (tertiary/aromatic N) is 4. The molecule has 4 rings (SSSR count). The zero-order valence-corrected chi connectivity index (χ0v) is 14.5. The molecule has 2 atom stereocenters. The van der Waals surface area contributed by atoms with Crippen molar-refractivity contribution in [3.8, 4) is 5.69 Å². The third-order valence-electron chi connectivity index (χ3n) is 5.56. The Hall–Kier alpha value is -2.37. The molecule has 1 aliphatic heterocycles. The van der Waals surface area contributed by atoms with Gasteiger partial charge in [0.15, 0.2) is 0 Å². The number of anilines is 1. The van der Waals surface area contributed by atoms with Gasteiger partial charge in [-0.05, 0) is 55.9 Å². The second-order valence-corrected chi connectivity index (χ2v) is 7.08. The van der Waals surface area contributed by atoms with Gasteiger partial charge in [0.2, 0.25) is 5.91 Å². The maximum Gasteiger partial charge on any atom is 0.242 e. The van der Waals surface area contributed by atoms with Crippen molar-refractivity contribution in [2.24, 2.45) is 5.92 Å². The van der Waals surface area contributed by atoms with Crippen LogP contribution in [-0.4, -0.2) is 44.7 Å². The van der Waals surface area contributed by atoms with Gasteiger partial charge in [-0.3, -0.25) is 4.79 Å². The van der Waals surface area contributed by atoms with Crippen molar-refractivity contribution < 1.29 is 4.79 Å². The lowest BCUT2D eigenvalue weighted by molar-refractivity contribution is -0.135. The Morgan fingerprint density at radius 3 is 2.72 bits per heavy atom. The molecule has 1 amide bonds. The van der Waals surface area contributed by atoms with Crippen LogP contribution in [0.15, 0.2) is 36.9 Å². The molecule has 1 N–H and O–H groups in total. The third-order valence-corrected chi connectivity index (χ3v) is 5.56. The Kier molecular flexibility index (Phi) is 4.68. The summed E-state index contributed by atoms with van der Waals surface area (Å²) in [5, 5.41) is 7.39. The summed E-state index contributed by atoms with van der Waals surface area (Å²) in [5.74, 6) is 0.963. The van der Waals surface area contributed by atoms with Crippen molar-refractivity contribution in [3.63, 3.8) is 0 Å². The maximum atomic E-state index is 12.7. The first-order valence-corrected chi connectivity index (χ1v) is 9.30. The van der Waals surface area contributed by atoms with Crippen LogP contribution in [0.1, 0.15) is 38.5 Å². The molecule has 1 saturated carbocycles. The molecule has 2 aromatic rings. The molecule has 6 nitrogen and oxygen atoms in total. The lowest BCUT2D eigenvalue weighted by atomic mass is 9.78. The van der Waals surface area contributed by atoms with Crippen LogP contribution in [0, 0.1) is 5.92 Å². The predicted molar refractivity (Wildman–Crippen MR) is 96.5 cm³/mol. The van der Waals surface area contributed by atoms with Gasteiger partial charge in [-0.2, -0.15) is 5.10 Å². The van der Waals surface area contributed by atoms with Crippen LogP contribution in [0.25, 0.3) is 5.69 Å². The number of hydrogen-bond acceptors (Lipinski definition) is 4. The van der Waals surface area contributed by atoms with E-state index >= 15 is 0 Å². The van der Waals surface area contributed by atoms with Crippen molar-refractivity contribution >= 4 is 11.6 Å². The first kappa shape index (κ1) is 16.1. The number of piperidine rings is 1. The van der Waals surface area contributed by atoms with Gasteiger partial charge in [-0.1, -0.05) is 12.8 Å². The van der Waals surface area contributed by atoms with Crippen molar-refractivity contribution in [2.75, 3.05) is 18.4 Å². The minimum atomic E-state index is 0.233. The lowest BCUT2D eigenvalue weighted by Crippen LogP contribution is -2.51. The average molecular weight is 339 g/mol. The molecular weight excluding hydrogens is 314 g/mol. The molecule has 2 fully saturated rings. The monoisotopic (exact) mass is 339 g/mol. The molecule has 1 aliphatic carbocycles. The number of nitrogens with one attached hydrogen (secondary N) is 1. The van der Waals surface area contributed by atoms with Gasteiger partial charge >= 0.3 is 0 Å². The second kappa shape index (κ2) is 7.25. The van der Waals surface area contributed by atoms with Crippen LogP contribution in [0.3, 0.4) is 0 Å². The third kappa shape index (κ3) is 3.52. The van der Waals surface area contributed by atoms with Crippen LogP contribution in [0.5, 0.6) is 0 Å². The molecule has 1 saturated heterocycles. The Bertz CT molecular complexity index is 695. The quantitative estimate of drug-likeness (QED) is 0.930. The highest BCUT2D eigenvalue weighted by atomic mass is 16.2. The van der Waals surface area contributed by atoms with Crippen molar-refractivity contribution in [1.29, 1.82) is 0 Å². The largest absolute Gasteiger partial charge is 0.376 e. The van der Waals surface area contributed by atoms with Crippen LogP contribution in [0.2, 0.25) is 0 Å². The smallest absolute Gasteiger partial charge is 0.242 e. The highest BCUT2D eigenvalue weighted by Gasteiger charge is 2.35. The molecule has 2 aliphatic rings. The number of carbonyl (C=O) groups excluding carboxylic acids is 1. The van der Waals surface area contributed by atoms with E-state index in [4.69, 9.17) is 0 Å². The maximum absolute atomic E-state index is 12.7. The summed E-state index contributed by atoms with van der Waals surface area (Å²) in [7, 11) is 0. The summed E-state index contributed by atoms with van der Waals surface area (Å²) in [6, 6.07) is 8.37. The van der Waals surface area contributed by atoms with E-state index in [-0.39, 0.29) is 5.91 Å².